The summed E-state index contributed by atoms with van der Waals surface area (Å²) in [5.41, 5.74) is 2.18. The number of nitrogens with zero attached hydrogens (tertiary/aromatic N) is 2. The quantitative estimate of drug-likeness (QED) is 0.402. The van der Waals surface area contributed by atoms with Crippen LogP contribution in [-0.2, 0) is 6.54 Å². The van der Waals surface area contributed by atoms with Crippen molar-refractivity contribution in [1.82, 2.24) is 4.98 Å². The fourth-order valence-corrected chi connectivity index (χ4v) is 4.37. The molecule has 1 aromatic heterocycles. The normalized spacial score (nSPS) is 10.7. The molecular formula is C24H22N2O4S. The van der Waals surface area contributed by atoms with Gasteiger partial charge in [-0.1, -0.05) is 47.7 Å². The zero-order valence-electron chi connectivity index (χ0n) is 17.5. The number of thiazole rings is 1. The summed E-state index contributed by atoms with van der Waals surface area (Å²) in [5.74, 6) is 1.78. The van der Waals surface area contributed by atoms with Gasteiger partial charge in [-0.05, 0) is 35.9 Å². The summed E-state index contributed by atoms with van der Waals surface area (Å²) in [6.45, 7) is 0.376. The fraction of sp³-hybridized carbons (Fsp3) is 0.167. The van der Waals surface area contributed by atoms with Gasteiger partial charge in [-0.2, -0.15) is 0 Å². The van der Waals surface area contributed by atoms with Gasteiger partial charge < -0.3 is 14.2 Å². The van der Waals surface area contributed by atoms with Crippen molar-refractivity contribution < 1.29 is 19.0 Å². The molecule has 0 spiro atoms. The molecule has 0 fully saturated rings. The Labute approximate surface area is 184 Å². The summed E-state index contributed by atoms with van der Waals surface area (Å²) in [6.07, 6.45) is 0. The maximum absolute atomic E-state index is 13.6. The molecule has 1 amide bonds. The molecular weight excluding hydrogens is 412 g/mol. The largest absolute Gasteiger partial charge is 0.497 e. The number of fused-ring (bicyclic) bond motifs is 1. The number of carbonyl (C=O) groups excluding carboxylic acids is 1. The van der Waals surface area contributed by atoms with Gasteiger partial charge in [0.05, 0.1) is 27.9 Å². The van der Waals surface area contributed by atoms with Gasteiger partial charge in [0.15, 0.2) is 5.13 Å². The molecule has 0 aliphatic heterocycles. The number of benzene rings is 3. The lowest BCUT2D eigenvalue weighted by molar-refractivity contribution is 0.0985. The number of amides is 1. The lowest BCUT2D eigenvalue weighted by Gasteiger charge is -2.20. The smallest absolute Gasteiger partial charge is 0.260 e. The van der Waals surface area contributed by atoms with E-state index < -0.39 is 0 Å². The van der Waals surface area contributed by atoms with Crippen LogP contribution in [0, 0.1) is 0 Å². The van der Waals surface area contributed by atoms with E-state index in [9.17, 15) is 4.79 Å². The highest BCUT2D eigenvalue weighted by Crippen LogP contribution is 2.40. The topological polar surface area (TPSA) is 60.9 Å². The van der Waals surface area contributed by atoms with E-state index in [4.69, 9.17) is 19.2 Å². The molecule has 7 heteroatoms. The highest BCUT2D eigenvalue weighted by atomic mass is 32.1. The van der Waals surface area contributed by atoms with Crippen LogP contribution in [0.15, 0.2) is 66.7 Å². The van der Waals surface area contributed by atoms with Crippen molar-refractivity contribution in [2.24, 2.45) is 0 Å². The van der Waals surface area contributed by atoms with Crippen LogP contribution in [0.5, 0.6) is 17.2 Å². The van der Waals surface area contributed by atoms with E-state index in [0.29, 0.717) is 40.0 Å². The monoisotopic (exact) mass is 434 g/mol. The third-order valence-corrected chi connectivity index (χ3v) is 5.97. The van der Waals surface area contributed by atoms with Crippen molar-refractivity contribution >= 4 is 32.6 Å². The Morgan fingerprint density at radius 3 is 2.35 bits per heavy atom. The van der Waals surface area contributed by atoms with Crippen LogP contribution in [0.3, 0.4) is 0 Å². The van der Waals surface area contributed by atoms with Crippen LogP contribution in [-0.4, -0.2) is 32.2 Å². The van der Waals surface area contributed by atoms with E-state index in [-0.39, 0.29) is 5.91 Å². The predicted octanol–water partition coefficient (Wildman–Crippen LogP) is 5.17. The number of aromatic nitrogens is 1. The van der Waals surface area contributed by atoms with Crippen molar-refractivity contribution in [1.29, 1.82) is 0 Å². The second kappa shape index (κ2) is 9.06. The SMILES string of the molecule is COc1cccc(C(=O)N(Cc2ccccc2)c2nc3c(OC)ccc(OC)c3s2)c1. The molecule has 0 bridgehead atoms. The first kappa shape index (κ1) is 20.7. The Bertz CT molecular complexity index is 1170. The van der Waals surface area contributed by atoms with E-state index in [2.05, 4.69) is 0 Å². The van der Waals surface area contributed by atoms with Crippen molar-refractivity contribution in [3.05, 3.63) is 77.9 Å². The van der Waals surface area contributed by atoms with Gasteiger partial charge in [-0.3, -0.25) is 9.69 Å². The van der Waals surface area contributed by atoms with E-state index in [1.807, 2.05) is 48.5 Å². The van der Waals surface area contributed by atoms with Crippen molar-refractivity contribution in [3.8, 4) is 17.2 Å². The summed E-state index contributed by atoms with van der Waals surface area (Å²) in [7, 11) is 4.80. The average Bonchev–Trinajstić information content (AvgIpc) is 3.27. The van der Waals surface area contributed by atoms with Gasteiger partial charge in [0, 0.05) is 5.56 Å². The molecule has 1 heterocycles. The Hall–Kier alpha value is -3.58. The zero-order valence-corrected chi connectivity index (χ0v) is 18.3. The second-order valence-corrected chi connectivity index (χ2v) is 7.73. The lowest BCUT2D eigenvalue weighted by atomic mass is 10.1. The molecule has 4 rings (SSSR count). The Morgan fingerprint density at radius 2 is 1.65 bits per heavy atom. The molecule has 0 N–H and O–H groups in total. The second-order valence-electron chi connectivity index (χ2n) is 6.75. The standard InChI is InChI=1S/C24H22N2O4S/c1-28-18-11-7-10-17(14-18)23(27)26(15-16-8-5-4-6-9-16)24-25-21-19(29-2)12-13-20(30-3)22(21)31-24/h4-14H,15H2,1-3H3. The lowest BCUT2D eigenvalue weighted by Crippen LogP contribution is -2.30. The molecule has 158 valence electrons. The van der Waals surface area contributed by atoms with Crippen LogP contribution in [0.2, 0.25) is 0 Å². The number of methoxy groups -OCH3 is 3. The minimum Gasteiger partial charge on any atom is -0.497 e. The first-order valence-electron chi connectivity index (χ1n) is 9.66. The van der Waals surface area contributed by atoms with E-state index in [0.717, 1.165) is 10.3 Å². The van der Waals surface area contributed by atoms with Gasteiger partial charge in [-0.15, -0.1) is 0 Å². The molecule has 4 aromatic rings. The third-order valence-electron chi connectivity index (χ3n) is 4.88. The van der Waals surface area contributed by atoms with Crippen LogP contribution in [0.4, 0.5) is 5.13 Å². The minimum atomic E-state index is -0.167. The summed E-state index contributed by atoms with van der Waals surface area (Å²) in [5, 5.41) is 0.564. The maximum Gasteiger partial charge on any atom is 0.260 e. The highest BCUT2D eigenvalue weighted by molar-refractivity contribution is 7.22. The van der Waals surface area contributed by atoms with Crippen molar-refractivity contribution in [3.63, 3.8) is 0 Å². The first-order chi connectivity index (χ1) is 15.1. The van der Waals surface area contributed by atoms with Gasteiger partial charge in [-0.25, -0.2) is 4.98 Å². The van der Waals surface area contributed by atoms with Crippen molar-refractivity contribution in [2.45, 2.75) is 6.54 Å². The van der Waals surface area contributed by atoms with Crippen LogP contribution in [0.25, 0.3) is 10.2 Å². The molecule has 6 nitrogen and oxygen atoms in total. The summed E-state index contributed by atoms with van der Waals surface area (Å²) in [6, 6.07) is 20.6. The molecule has 0 aliphatic carbocycles. The number of hydrogen-bond donors (Lipinski definition) is 0. The third kappa shape index (κ3) is 4.18. The average molecular weight is 435 g/mol. The number of rotatable bonds is 7. The molecule has 0 aliphatic rings. The van der Waals surface area contributed by atoms with Crippen molar-refractivity contribution in [2.75, 3.05) is 26.2 Å². The molecule has 0 radical (unpaired) electrons. The van der Waals surface area contributed by atoms with Crippen LogP contribution >= 0.6 is 11.3 Å². The Balaban J connectivity index is 1.83. The van der Waals surface area contributed by atoms with Gasteiger partial charge in [0.25, 0.3) is 5.91 Å². The van der Waals surface area contributed by atoms with Crippen LogP contribution in [0.1, 0.15) is 15.9 Å². The zero-order chi connectivity index (χ0) is 21.8. The maximum atomic E-state index is 13.6. The van der Waals surface area contributed by atoms with Gasteiger partial charge in [0.1, 0.15) is 27.5 Å². The number of ether oxygens (including phenoxy) is 3. The molecule has 31 heavy (non-hydrogen) atoms. The number of hydrogen-bond acceptors (Lipinski definition) is 6. The fourth-order valence-electron chi connectivity index (χ4n) is 3.29. The van der Waals surface area contributed by atoms with E-state index in [1.54, 1.807) is 44.4 Å². The number of carbonyl (C=O) groups is 1. The predicted molar refractivity (Wildman–Crippen MR) is 123 cm³/mol. The molecule has 0 unspecified atom stereocenters. The first-order valence-corrected chi connectivity index (χ1v) is 10.5. The Kier molecular flexibility index (Phi) is 6.04. The Morgan fingerprint density at radius 1 is 0.903 bits per heavy atom. The summed E-state index contributed by atoms with van der Waals surface area (Å²) < 4.78 is 17.1. The number of anilines is 1. The van der Waals surface area contributed by atoms with E-state index in [1.165, 1.54) is 11.3 Å². The minimum absolute atomic E-state index is 0.167. The molecule has 0 atom stereocenters. The van der Waals surface area contributed by atoms with Crippen LogP contribution < -0.4 is 19.1 Å². The summed E-state index contributed by atoms with van der Waals surface area (Å²) in [4.78, 5) is 20.0. The van der Waals surface area contributed by atoms with Gasteiger partial charge >= 0.3 is 0 Å². The van der Waals surface area contributed by atoms with E-state index >= 15 is 0 Å². The summed E-state index contributed by atoms with van der Waals surface area (Å²) >= 11 is 1.40. The molecule has 0 saturated carbocycles. The molecule has 0 saturated heterocycles. The highest BCUT2D eigenvalue weighted by Gasteiger charge is 2.24. The van der Waals surface area contributed by atoms with Gasteiger partial charge in [0.2, 0.25) is 0 Å². The molecule has 3 aromatic carbocycles.